The first-order valence-electron chi connectivity index (χ1n) is 23.3. The second-order valence-corrected chi connectivity index (χ2v) is 29.4. The van der Waals surface area contributed by atoms with E-state index in [0.29, 0.717) is 25.7 Å². The Morgan fingerprint density at radius 2 is 1.23 bits per heavy atom. The lowest BCUT2D eigenvalue weighted by atomic mass is 9.85. The highest BCUT2D eigenvalue weighted by atomic mass is 32.1. The maximum Gasteiger partial charge on any atom is 0.305 e. The molecule has 340 valence electrons. The standard InChI is InChI=1S/C57H67FO4SSi2/c1-42-39-51(61-64(56(2,3)4,44-28-15-11-16-29-44)45-30-17-12-18-31-45)49(48(42)36-23-9-10-24-38-54(59)60-8)41-50(58)55(53-40-43-27-25-26-37-52(43)63-53)62-65(57(5,6)7,46-32-19-13-20-33-46)47-34-21-14-22-35-47/h9,11-23,25-35,37,40,48-51,55H,1,10,24,36,38-39,41H2,2-8H3/t48-,49+,50?,51+,55?/m0/s1. The van der Waals surface area contributed by atoms with Crippen molar-refractivity contribution < 1.29 is 22.8 Å². The summed E-state index contributed by atoms with van der Waals surface area (Å²) in [6.07, 6.45) is 5.28. The Morgan fingerprint density at radius 1 is 0.738 bits per heavy atom. The summed E-state index contributed by atoms with van der Waals surface area (Å²) in [6.45, 7) is 18.4. The molecule has 1 fully saturated rings. The van der Waals surface area contributed by atoms with Gasteiger partial charge in [0.15, 0.2) is 0 Å². The third-order valence-electron chi connectivity index (χ3n) is 13.5. The molecule has 8 heteroatoms. The van der Waals surface area contributed by atoms with Gasteiger partial charge in [0, 0.05) is 16.0 Å². The molecule has 0 aliphatic heterocycles. The molecule has 6 aromatic rings. The van der Waals surface area contributed by atoms with Crippen LogP contribution >= 0.6 is 11.3 Å². The highest BCUT2D eigenvalue weighted by Gasteiger charge is 2.56. The number of carbonyl (C=O) groups excluding carboxylic acids is 1. The lowest BCUT2D eigenvalue weighted by molar-refractivity contribution is -0.140. The first-order chi connectivity index (χ1) is 31.2. The van der Waals surface area contributed by atoms with Crippen molar-refractivity contribution in [1.82, 2.24) is 0 Å². The normalized spacial score (nSPS) is 18.3. The molecular formula is C57H67FO4SSi2. The molecule has 0 spiro atoms. The van der Waals surface area contributed by atoms with E-state index in [4.69, 9.17) is 20.2 Å². The topological polar surface area (TPSA) is 44.8 Å². The summed E-state index contributed by atoms with van der Waals surface area (Å²) in [7, 11) is -4.84. The van der Waals surface area contributed by atoms with Crippen molar-refractivity contribution in [3.8, 4) is 0 Å². The molecule has 0 radical (unpaired) electrons. The number of esters is 1. The SMILES string of the molecule is C=C1C[C@@H](O[Si](c2ccccc2)(c2ccccc2)C(C)(C)C)[C@H](CC(F)C(O[Si](c2ccccc2)(c2ccccc2)C(C)(C)C)c2cc3ccccc3s2)[C@H]1CC=CCCCC(=O)OC. The van der Waals surface area contributed by atoms with Crippen LogP contribution < -0.4 is 20.7 Å². The Bertz CT molecular complexity index is 2380. The monoisotopic (exact) mass is 922 g/mol. The molecule has 1 heterocycles. The molecule has 1 saturated carbocycles. The van der Waals surface area contributed by atoms with Crippen LogP contribution in [0.3, 0.4) is 0 Å². The van der Waals surface area contributed by atoms with Gasteiger partial charge in [-0.3, -0.25) is 4.79 Å². The number of thiophene rings is 1. The molecule has 4 nitrogen and oxygen atoms in total. The minimum atomic E-state index is -3.23. The van der Waals surface area contributed by atoms with E-state index in [9.17, 15) is 4.79 Å². The number of carbonyl (C=O) groups is 1. The number of hydrogen-bond acceptors (Lipinski definition) is 5. The highest BCUT2D eigenvalue weighted by Crippen LogP contribution is 2.50. The van der Waals surface area contributed by atoms with Crippen molar-refractivity contribution in [1.29, 1.82) is 0 Å². The van der Waals surface area contributed by atoms with E-state index in [1.807, 2.05) is 18.2 Å². The average Bonchev–Trinajstić information content (AvgIpc) is 3.86. The van der Waals surface area contributed by atoms with Crippen LogP contribution in [-0.4, -0.2) is 42.0 Å². The van der Waals surface area contributed by atoms with E-state index < -0.39 is 28.9 Å². The van der Waals surface area contributed by atoms with Gasteiger partial charge in [-0.05, 0) is 92.3 Å². The molecule has 5 aromatic carbocycles. The largest absolute Gasteiger partial charge is 0.469 e. The Hall–Kier alpha value is -4.71. The van der Waals surface area contributed by atoms with Gasteiger partial charge in [0.05, 0.1) is 13.2 Å². The molecule has 5 atom stereocenters. The van der Waals surface area contributed by atoms with Gasteiger partial charge in [-0.15, -0.1) is 11.3 Å². The summed E-state index contributed by atoms with van der Waals surface area (Å²) < 4.78 is 40.7. The zero-order valence-electron chi connectivity index (χ0n) is 39.3. The third kappa shape index (κ3) is 10.3. The lowest BCUT2D eigenvalue weighted by Gasteiger charge is -2.47. The van der Waals surface area contributed by atoms with Crippen LogP contribution in [0.25, 0.3) is 10.1 Å². The van der Waals surface area contributed by atoms with Crippen LogP contribution in [0.2, 0.25) is 10.1 Å². The second kappa shape index (κ2) is 20.9. The molecule has 1 aliphatic carbocycles. The molecule has 1 aliphatic rings. The molecule has 0 amide bonds. The summed E-state index contributed by atoms with van der Waals surface area (Å²) in [5.41, 5.74) is 1.09. The Kier molecular flexibility index (Phi) is 15.5. The molecular weight excluding hydrogens is 856 g/mol. The Morgan fingerprint density at radius 3 is 1.72 bits per heavy atom. The average molecular weight is 923 g/mol. The minimum absolute atomic E-state index is 0.0238. The number of halogens is 1. The maximum atomic E-state index is 18.8. The fourth-order valence-electron chi connectivity index (χ4n) is 10.4. The number of unbranched alkanes of at least 4 members (excludes halogenated alkanes) is 1. The number of methoxy groups -OCH3 is 1. The number of ether oxygens (including phenoxy) is 1. The molecule has 65 heavy (non-hydrogen) atoms. The fourth-order valence-corrected chi connectivity index (χ4v) is 21.0. The zero-order chi connectivity index (χ0) is 46.2. The van der Waals surface area contributed by atoms with E-state index in [0.717, 1.165) is 37.3 Å². The van der Waals surface area contributed by atoms with E-state index in [2.05, 4.69) is 187 Å². The van der Waals surface area contributed by atoms with Crippen LogP contribution in [0.5, 0.6) is 0 Å². The second-order valence-electron chi connectivity index (χ2n) is 19.8. The molecule has 7 rings (SSSR count). The minimum Gasteiger partial charge on any atom is -0.469 e. The van der Waals surface area contributed by atoms with Gasteiger partial charge in [0.25, 0.3) is 16.6 Å². The van der Waals surface area contributed by atoms with Gasteiger partial charge >= 0.3 is 5.97 Å². The van der Waals surface area contributed by atoms with Gasteiger partial charge in [-0.1, -0.05) is 205 Å². The van der Waals surface area contributed by atoms with Crippen LogP contribution in [0.15, 0.2) is 176 Å². The first kappa shape index (κ1) is 48.2. The van der Waals surface area contributed by atoms with Crippen molar-refractivity contribution >= 4 is 64.8 Å². The van der Waals surface area contributed by atoms with Crippen LogP contribution in [0.4, 0.5) is 4.39 Å². The summed E-state index contributed by atoms with van der Waals surface area (Å²) in [5.74, 6) is -0.420. The summed E-state index contributed by atoms with van der Waals surface area (Å²) in [4.78, 5) is 12.8. The van der Waals surface area contributed by atoms with Crippen LogP contribution in [0, 0.1) is 11.8 Å². The summed E-state index contributed by atoms with van der Waals surface area (Å²) >= 11 is 1.64. The van der Waals surface area contributed by atoms with E-state index in [1.165, 1.54) is 17.5 Å². The molecule has 0 N–H and O–H groups in total. The number of rotatable bonds is 18. The number of alkyl halides is 1. The quantitative estimate of drug-likeness (QED) is 0.0373. The fraction of sp³-hybridized carbons (Fsp3) is 0.351. The van der Waals surface area contributed by atoms with E-state index in [-0.39, 0.29) is 40.4 Å². The summed E-state index contributed by atoms with van der Waals surface area (Å²) in [6, 6.07) is 53.2. The Balaban J connectivity index is 1.35. The Labute approximate surface area is 393 Å². The summed E-state index contributed by atoms with van der Waals surface area (Å²) in [5, 5.41) is 5.11. The maximum absolute atomic E-state index is 18.8. The molecule has 2 unspecified atom stereocenters. The van der Waals surface area contributed by atoms with Crippen molar-refractivity contribution in [3.05, 3.63) is 181 Å². The van der Waals surface area contributed by atoms with Crippen LogP contribution in [-0.2, 0) is 18.4 Å². The number of benzene rings is 5. The van der Waals surface area contributed by atoms with Crippen LogP contribution in [0.1, 0.15) is 91.0 Å². The van der Waals surface area contributed by atoms with Gasteiger partial charge in [-0.2, -0.15) is 0 Å². The molecule has 0 saturated heterocycles. The lowest BCUT2D eigenvalue weighted by Crippen LogP contribution is -2.68. The van der Waals surface area contributed by atoms with Gasteiger partial charge in [-0.25, -0.2) is 4.39 Å². The number of fused-ring (bicyclic) bond motifs is 1. The molecule has 1 aromatic heterocycles. The smallest absolute Gasteiger partial charge is 0.305 e. The molecule has 0 bridgehead atoms. The first-order valence-corrected chi connectivity index (χ1v) is 27.9. The van der Waals surface area contributed by atoms with Crippen molar-refractivity contribution in [2.75, 3.05) is 7.11 Å². The van der Waals surface area contributed by atoms with E-state index >= 15 is 4.39 Å². The van der Waals surface area contributed by atoms with Gasteiger partial charge in [0.1, 0.15) is 12.3 Å². The van der Waals surface area contributed by atoms with Crippen molar-refractivity contribution in [3.63, 3.8) is 0 Å². The van der Waals surface area contributed by atoms with Gasteiger partial charge in [0.2, 0.25) is 0 Å². The predicted octanol–water partition coefficient (Wildman–Crippen LogP) is 12.7. The van der Waals surface area contributed by atoms with E-state index in [1.54, 1.807) is 11.3 Å². The van der Waals surface area contributed by atoms with Crippen molar-refractivity contribution in [2.45, 2.75) is 109 Å². The third-order valence-corrected chi connectivity index (χ3v) is 24.8. The zero-order valence-corrected chi connectivity index (χ0v) is 42.2. The predicted molar refractivity (Wildman–Crippen MR) is 276 cm³/mol. The number of allylic oxidation sites excluding steroid dienone is 2. The highest BCUT2D eigenvalue weighted by molar-refractivity contribution is 7.19. The van der Waals surface area contributed by atoms with Crippen molar-refractivity contribution in [2.24, 2.45) is 11.8 Å². The van der Waals surface area contributed by atoms with Gasteiger partial charge < -0.3 is 13.6 Å². The number of hydrogen-bond donors (Lipinski definition) is 0.